The summed E-state index contributed by atoms with van der Waals surface area (Å²) in [6, 6.07) is 9.34. The van der Waals surface area contributed by atoms with E-state index in [-0.39, 0.29) is 24.0 Å². The minimum absolute atomic E-state index is 0. The monoisotopic (exact) mass is 418 g/mol. The highest BCUT2D eigenvalue weighted by atomic mass is 127. The highest BCUT2D eigenvalue weighted by Crippen LogP contribution is 2.09. The minimum atomic E-state index is 0. The Labute approximate surface area is 152 Å². The van der Waals surface area contributed by atoms with Crippen molar-refractivity contribution in [2.75, 3.05) is 18.4 Å². The average Bonchev–Trinajstić information content (AvgIpc) is 2.43. The maximum Gasteiger partial charge on any atom is 0.193 e. The van der Waals surface area contributed by atoms with Gasteiger partial charge < -0.3 is 11.1 Å². The first-order chi connectivity index (χ1) is 9.93. The fraction of sp³-hybridized carbons (Fsp3) is 0.588. The summed E-state index contributed by atoms with van der Waals surface area (Å²) in [6.07, 6.45) is 1.05. The van der Waals surface area contributed by atoms with Crippen molar-refractivity contribution in [2.45, 2.75) is 53.1 Å². The van der Waals surface area contributed by atoms with Crippen LogP contribution in [0, 0.1) is 0 Å². The summed E-state index contributed by atoms with van der Waals surface area (Å²) in [4.78, 5) is 6.82. The van der Waals surface area contributed by atoms with E-state index in [2.05, 4.69) is 62.0 Å². The summed E-state index contributed by atoms with van der Waals surface area (Å²) >= 11 is 0. The molecule has 0 bridgehead atoms. The van der Waals surface area contributed by atoms with E-state index in [1.54, 1.807) is 0 Å². The molecule has 0 spiro atoms. The van der Waals surface area contributed by atoms with Crippen molar-refractivity contribution in [1.82, 2.24) is 4.90 Å². The Bertz CT molecular complexity index is 432. The number of aliphatic imine (C=N–C) groups is 1. The number of guanidine groups is 1. The molecule has 0 atom stereocenters. The summed E-state index contributed by atoms with van der Waals surface area (Å²) in [5.41, 5.74) is 8.24. The Kier molecular flexibility index (Phi) is 10.4. The van der Waals surface area contributed by atoms with Crippen molar-refractivity contribution in [3.63, 3.8) is 0 Å². The van der Waals surface area contributed by atoms with Gasteiger partial charge in [0, 0.05) is 24.3 Å². The SMILES string of the molecule is CCc1ccc(NC(N)=NCCN(C(C)C)C(C)C)cc1.I. The first kappa shape index (κ1) is 21.2. The van der Waals surface area contributed by atoms with Gasteiger partial charge in [-0.3, -0.25) is 9.89 Å². The normalized spacial score (nSPS) is 11.9. The standard InChI is InChI=1S/C17H30N4.HI/c1-6-15-7-9-16(10-8-15)20-17(18)19-11-12-21(13(2)3)14(4)5;/h7-10,13-14H,6,11-12H2,1-5H3,(H3,18,19,20);1H. The fourth-order valence-corrected chi connectivity index (χ4v) is 2.41. The second kappa shape index (κ2) is 10.8. The smallest absolute Gasteiger partial charge is 0.193 e. The number of hydrogen-bond donors (Lipinski definition) is 2. The number of halogens is 1. The molecule has 0 aliphatic heterocycles. The lowest BCUT2D eigenvalue weighted by molar-refractivity contribution is 0.181. The van der Waals surface area contributed by atoms with Crippen molar-refractivity contribution >= 4 is 35.6 Å². The molecule has 22 heavy (non-hydrogen) atoms. The van der Waals surface area contributed by atoms with Crippen molar-refractivity contribution in [3.05, 3.63) is 29.8 Å². The zero-order valence-electron chi connectivity index (χ0n) is 14.5. The van der Waals surface area contributed by atoms with Gasteiger partial charge in [-0.25, -0.2) is 0 Å². The van der Waals surface area contributed by atoms with Crippen molar-refractivity contribution in [2.24, 2.45) is 10.7 Å². The van der Waals surface area contributed by atoms with Crippen LogP contribution in [-0.4, -0.2) is 36.0 Å². The first-order valence-corrected chi connectivity index (χ1v) is 7.85. The van der Waals surface area contributed by atoms with E-state index in [4.69, 9.17) is 5.73 Å². The fourth-order valence-electron chi connectivity index (χ4n) is 2.41. The van der Waals surface area contributed by atoms with Crippen molar-refractivity contribution in [1.29, 1.82) is 0 Å². The van der Waals surface area contributed by atoms with E-state index in [1.165, 1.54) is 5.56 Å². The zero-order chi connectivity index (χ0) is 15.8. The second-order valence-electron chi connectivity index (χ2n) is 5.87. The van der Waals surface area contributed by atoms with Gasteiger partial charge in [0.05, 0.1) is 6.54 Å². The molecule has 4 nitrogen and oxygen atoms in total. The second-order valence-corrected chi connectivity index (χ2v) is 5.87. The van der Waals surface area contributed by atoms with Gasteiger partial charge in [-0.05, 0) is 51.8 Å². The van der Waals surface area contributed by atoms with Gasteiger partial charge in [0.2, 0.25) is 0 Å². The van der Waals surface area contributed by atoms with Crippen LogP contribution in [0.15, 0.2) is 29.3 Å². The van der Waals surface area contributed by atoms with Gasteiger partial charge >= 0.3 is 0 Å². The molecule has 0 unspecified atom stereocenters. The molecule has 126 valence electrons. The summed E-state index contributed by atoms with van der Waals surface area (Å²) in [5.74, 6) is 0.478. The lowest BCUT2D eigenvalue weighted by Crippen LogP contribution is -2.39. The maximum atomic E-state index is 5.94. The molecule has 3 N–H and O–H groups in total. The van der Waals surface area contributed by atoms with Gasteiger partial charge in [-0.15, -0.1) is 24.0 Å². The van der Waals surface area contributed by atoms with Gasteiger partial charge in [-0.2, -0.15) is 0 Å². The maximum absolute atomic E-state index is 5.94. The van der Waals surface area contributed by atoms with E-state index < -0.39 is 0 Å². The van der Waals surface area contributed by atoms with Crippen LogP contribution in [0.3, 0.4) is 0 Å². The topological polar surface area (TPSA) is 53.6 Å². The number of aryl methyl sites for hydroxylation is 1. The average molecular weight is 418 g/mol. The molecular formula is C17H31IN4. The number of nitrogens with one attached hydrogen (secondary N) is 1. The van der Waals surface area contributed by atoms with E-state index in [0.29, 0.717) is 24.6 Å². The molecule has 1 aromatic carbocycles. The summed E-state index contributed by atoms with van der Waals surface area (Å²) in [6.45, 7) is 12.6. The Morgan fingerprint density at radius 3 is 2.14 bits per heavy atom. The molecule has 0 saturated heterocycles. The molecule has 0 heterocycles. The highest BCUT2D eigenvalue weighted by Gasteiger charge is 2.12. The predicted molar refractivity (Wildman–Crippen MR) is 108 cm³/mol. The Morgan fingerprint density at radius 1 is 1.14 bits per heavy atom. The molecule has 0 aromatic heterocycles. The zero-order valence-corrected chi connectivity index (χ0v) is 16.8. The third-order valence-electron chi connectivity index (χ3n) is 3.60. The van der Waals surface area contributed by atoms with Crippen LogP contribution >= 0.6 is 24.0 Å². The molecule has 0 amide bonds. The number of benzene rings is 1. The van der Waals surface area contributed by atoms with Crippen LogP contribution in [0.4, 0.5) is 5.69 Å². The van der Waals surface area contributed by atoms with E-state index in [9.17, 15) is 0 Å². The molecule has 0 saturated carbocycles. The Balaban J connectivity index is 0.00000441. The number of nitrogens with zero attached hydrogens (tertiary/aromatic N) is 2. The van der Waals surface area contributed by atoms with E-state index in [0.717, 1.165) is 18.7 Å². The Morgan fingerprint density at radius 2 is 1.68 bits per heavy atom. The molecule has 5 heteroatoms. The summed E-state index contributed by atoms with van der Waals surface area (Å²) in [7, 11) is 0. The van der Waals surface area contributed by atoms with Crippen LogP contribution in [0.5, 0.6) is 0 Å². The van der Waals surface area contributed by atoms with E-state index >= 15 is 0 Å². The highest BCUT2D eigenvalue weighted by molar-refractivity contribution is 14.0. The summed E-state index contributed by atoms with van der Waals surface area (Å²) in [5, 5.41) is 3.13. The van der Waals surface area contributed by atoms with Crippen LogP contribution < -0.4 is 11.1 Å². The molecule has 0 aliphatic rings. The van der Waals surface area contributed by atoms with Gasteiger partial charge in [0.15, 0.2) is 5.96 Å². The Hall–Kier alpha value is -0.820. The van der Waals surface area contributed by atoms with Crippen LogP contribution in [0.1, 0.15) is 40.2 Å². The number of rotatable bonds is 7. The largest absolute Gasteiger partial charge is 0.370 e. The molecule has 1 aromatic rings. The number of hydrogen-bond acceptors (Lipinski definition) is 2. The van der Waals surface area contributed by atoms with Crippen LogP contribution in [0.25, 0.3) is 0 Å². The first-order valence-electron chi connectivity index (χ1n) is 7.85. The minimum Gasteiger partial charge on any atom is -0.370 e. The third kappa shape index (κ3) is 7.45. The van der Waals surface area contributed by atoms with Gasteiger partial charge in [-0.1, -0.05) is 19.1 Å². The van der Waals surface area contributed by atoms with E-state index in [1.807, 2.05) is 12.1 Å². The molecule has 1 rings (SSSR count). The lowest BCUT2D eigenvalue weighted by Gasteiger charge is -2.29. The number of nitrogens with two attached hydrogens (primary N) is 1. The predicted octanol–water partition coefficient (Wildman–Crippen LogP) is 3.71. The van der Waals surface area contributed by atoms with Gasteiger partial charge in [0.25, 0.3) is 0 Å². The molecule has 0 aliphatic carbocycles. The summed E-state index contributed by atoms with van der Waals surface area (Å²) < 4.78 is 0. The molecule has 0 fully saturated rings. The molecule has 0 radical (unpaired) electrons. The lowest BCUT2D eigenvalue weighted by atomic mass is 10.1. The van der Waals surface area contributed by atoms with Crippen LogP contribution in [0.2, 0.25) is 0 Å². The van der Waals surface area contributed by atoms with Crippen molar-refractivity contribution < 1.29 is 0 Å². The van der Waals surface area contributed by atoms with Crippen LogP contribution in [-0.2, 0) is 6.42 Å². The number of anilines is 1. The molecular weight excluding hydrogens is 387 g/mol. The third-order valence-corrected chi connectivity index (χ3v) is 3.60. The van der Waals surface area contributed by atoms with Crippen molar-refractivity contribution in [3.8, 4) is 0 Å². The van der Waals surface area contributed by atoms with Gasteiger partial charge in [0.1, 0.15) is 0 Å². The quantitative estimate of drug-likeness (QED) is 0.403.